The molecule has 17 heavy (non-hydrogen) atoms. The van der Waals surface area contributed by atoms with Crippen molar-refractivity contribution >= 4 is 5.91 Å². The summed E-state index contributed by atoms with van der Waals surface area (Å²) >= 11 is 0. The summed E-state index contributed by atoms with van der Waals surface area (Å²) in [5.74, 6) is -0.0840. The van der Waals surface area contributed by atoms with Gasteiger partial charge in [0.2, 0.25) is 0 Å². The van der Waals surface area contributed by atoms with Gasteiger partial charge in [-0.05, 0) is 38.5 Å². The van der Waals surface area contributed by atoms with Crippen LogP contribution < -0.4 is 5.32 Å². The van der Waals surface area contributed by atoms with Crippen molar-refractivity contribution < 1.29 is 14.6 Å². The molecule has 2 atom stereocenters. The molecular weight excluding hydrogens is 218 g/mol. The summed E-state index contributed by atoms with van der Waals surface area (Å²) in [5.41, 5.74) is 0.132. The number of benzene rings is 1. The van der Waals surface area contributed by atoms with Crippen LogP contribution in [0.25, 0.3) is 0 Å². The first-order chi connectivity index (χ1) is 8.01. The van der Waals surface area contributed by atoms with Gasteiger partial charge in [-0.3, -0.25) is 4.79 Å². The minimum Gasteiger partial charge on any atom is -0.508 e. The smallest absolute Gasteiger partial charge is 0.251 e. The summed E-state index contributed by atoms with van der Waals surface area (Å²) in [4.78, 5) is 12.0. The lowest BCUT2D eigenvalue weighted by Gasteiger charge is -2.28. The highest BCUT2D eigenvalue weighted by atomic mass is 16.5. The minimum atomic E-state index is -0.331. The number of hydrogen-bond donors (Lipinski definition) is 2. The fourth-order valence-corrected chi connectivity index (χ4v) is 1.98. The first kappa shape index (κ1) is 11.9. The quantitative estimate of drug-likeness (QED) is 0.820. The van der Waals surface area contributed by atoms with Gasteiger partial charge in [-0.25, -0.2) is 0 Å². The second-order valence-corrected chi connectivity index (χ2v) is 4.68. The van der Waals surface area contributed by atoms with E-state index < -0.39 is 0 Å². The third kappa shape index (κ3) is 2.42. The predicted molar refractivity (Wildman–Crippen MR) is 64.0 cm³/mol. The van der Waals surface area contributed by atoms with Crippen LogP contribution in [0.5, 0.6) is 5.75 Å². The molecule has 0 aliphatic carbocycles. The Labute approximate surface area is 101 Å². The Hall–Kier alpha value is -1.55. The van der Waals surface area contributed by atoms with E-state index in [1.807, 2.05) is 13.8 Å². The van der Waals surface area contributed by atoms with E-state index >= 15 is 0 Å². The van der Waals surface area contributed by atoms with Gasteiger partial charge in [0.1, 0.15) is 5.75 Å². The Bertz CT molecular complexity index is 432. The third-order valence-electron chi connectivity index (χ3n) is 3.39. The molecule has 2 unspecified atom stereocenters. The van der Waals surface area contributed by atoms with Crippen LogP contribution >= 0.6 is 0 Å². The summed E-state index contributed by atoms with van der Waals surface area (Å²) < 4.78 is 5.46. The molecule has 1 saturated heterocycles. The van der Waals surface area contributed by atoms with Gasteiger partial charge in [-0.2, -0.15) is 0 Å². The lowest BCUT2D eigenvalue weighted by atomic mass is 9.94. The molecule has 0 saturated carbocycles. The Morgan fingerprint density at radius 1 is 1.59 bits per heavy atom. The third-order valence-corrected chi connectivity index (χ3v) is 3.39. The lowest BCUT2D eigenvalue weighted by molar-refractivity contribution is 0.0727. The van der Waals surface area contributed by atoms with E-state index in [0.29, 0.717) is 12.2 Å². The number of hydrogen-bond acceptors (Lipinski definition) is 3. The molecule has 2 N–H and O–H groups in total. The van der Waals surface area contributed by atoms with Gasteiger partial charge in [-0.1, -0.05) is 6.07 Å². The van der Waals surface area contributed by atoms with E-state index in [9.17, 15) is 9.90 Å². The summed E-state index contributed by atoms with van der Waals surface area (Å²) in [7, 11) is 0. The average Bonchev–Trinajstić information content (AvgIpc) is 2.59. The number of phenolic OH excluding ortho intramolecular Hbond substituents is 1. The van der Waals surface area contributed by atoms with Gasteiger partial charge in [0, 0.05) is 12.2 Å². The van der Waals surface area contributed by atoms with Gasteiger partial charge < -0.3 is 15.2 Å². The summed E-state index contributed by atoms with van der Waals surface area (Å²) in [6.45, 7) is 4.60. The molecule has 4 nitrogen and oxygen atoms in total. The van der Waals surface area contributed by atoms with Gasteiger partial charge in [0.05, 0.1) is 11.6 Å². The van der Waals surface area contributed by atoms with E-state index in [2.05, 4.69) is 5.32 Å². The number of amides is 1. The molecule has 0 bridgehead atoms. The van der Waals surface area contributed by atoms with E-state index in [0.717, 1.165) is 6.42 Å². The Kier molecular flexibility index (Phi) is 3.07. The number of nitrogens with one attached hydrogen (secondary N) is 1. The Morgan fingerprint density at radius 3 is 2.94 bits per heavy atom. The van der Waals surface area contributed by atoms with E-state index in [1.54, 1.807) is 18.2 Å². The van der Waals surface area contributed by atoms with Crippen molar-refractivity contribution in [1.82, 2.24) is 5.32 Å². The zero-order valence-corrected chi connectivity index (χ0v) is 10.1. The van der Waals surface area contributed by atoms with Crippen molar-refractivity contribution in [2.45, 2.75) is 31.9 Å². The largest absolute Gasteiger partial charge is 0.508 e. The molecule has 2 rings (SSSR count). The van der Waals surface area contributed by atoms with Crippen LogP contribution in [-0.2, 0) is 4.74 Å². The number of aromatic hydroxyl groups is 1. The number of rotatable bonds is 2. The van der Waals surface area contributed by atoms with Crippen LogP contribution in [0.1, 0.15) is 30.6 Å². The first-order valence-electron chi connectivity index (χ1n) is 5.74. The van der Waals surface area contributed by atoms with Crippen molar-refractivity contribution in [2.24, 2.45) is 0 Å². The van der Waals surface area contributed by atoms with Crippen LogP contribution in [0.15, 0.2) is 24.3 Å². The highest BCUT2D eigenvalue weighted by Crippen LogP contribution is 2.25. The molecule has 0 aromatic heterocycles. The maximum atomic E-state index is 12.0. The molecule has 92 valence electrons. The van der Waals surface area contributed by atoms with Crippen LogP contribution in [0.3, 0.4) is 0 Å². The highest BCUT2D eigenvalue weighted by Gasteiger charge is 2.38. The number of carbonyl (C=O) groups excluding carboxylic acids is 1. The normalized spacial score (nSPS) is 28.0. The topological polar surface area (TPSA) is 58.6 Å². The van der Waals surface area contributed by atoms with Crippen LogP contribution in [0, 0.1) is 0 Å². The second-order valence-electron chi connectivity index (χ2n) is 4.68. The fourth-order valence-electron chi connectivity index (χ4n) is 1.98. The molecule has 1 aliphatic heterocycles. The zero-order chi connectivity index (χ0) is 12.5. The van der Waals surface area contributed by atoms with Crippen molar-refractivity contribution in [1.29, 1.82) is 0 Å². The summed E-state index contributed by atoms with van der Waals surface area (Å²) in [6, 6.07) is 6.33. The summed E-state index contributed by atoms with van der Waals surface area (Å²) in [6.07, 6.45) is 0.808. The van der Waals surface area contributed by atoms with Gasteiger partial charge >= 0.3 is 0 Å². The van der Waals surface area contributed by atoms with Gasteiger partial charge in [0.25, 0.3) is 5.91 Å². The minimum absolute atomic E-state index is 0.00348. The summed E-state index contributed by atoms with van der Waals surface area (Å²) in [5, 5.41) is 12.3. The predicted octanol–water partition coefficient (Wildman–Crippen LogP) is 1.69. The van der Waals surface area contributed by atoms with Crippen molar-refractivity contribution in [3.05, 3.63) is 29.8 Å². The molecule has 1 aromatic rings. The molecule has 4 heteroatoms. The number of phenols is 1. The van der Waals surface area contributed by atoms with Crippen molar-refractivity contribution in [3.63, 3.8) is 0 Å². The Balaban J connectivity index is 2.12. The molecule has 1 amide bonds. The zero-order valence-electron chi connectivity index (χ0n) is 10.1. The number of ether oxygens (including phenoxy) is 1. The van der Waals surface area contributed by atoms with Crippen molar-refractivity contribution in [2.75, 3.05) is 6.61 Å². The maximum absolute atomic E-state index is 12.0. The molecule has 1 fully saturated rings. The maximum Gasteiger partial charge on any atom is 0.251 e. The van der Waals surface area contributed by atoms with Crippen molar-refractivity contribution in [3.8, 4) is 5.75 Å². The Morgan fingerprint density at radius 2 is 2.35 bits per heavy atom. The fraction of sp³-hybridized carbons (Fsp3) is 0.462. The second kappa shape index (κ2) is 4.37. The van der Waals surface area contributed by atoms with Gasteiger partial charge in [0.15, 0.2) is 0 Å². The molecule has 1 heterocycles. The molecule has 0 radical (unpaired) electrons. The van der Waals surface area contributed by atoms with E-state index in [-0.39, 0.29) is 23.3 Å². The molecule has 0 spiro atoms. The van der Waals surface area contributed by atoms with Crippen LogP contribution in [0.4, 0.5) is 0 Å². The standard InChI is InChI=1S/C13H17NO3/c1-9-13(2,6-7-17-9)14-12(16)10-4-3-5-11(15)8-10/h3-5,8-9,15H,6-7H2,1-2H3,(H,14,16). The van der Waals surface area contributed by atoms with Crippen LogP contribution in [0.2, 0.25) is 0 Å². The lowest BCUT2D eigenvalue weighted by Crippen LogP contribution is -2.50. The average molecular weight is 235 g/mol. The van der Waals surface area contributed by atoms with E-state index in [1.165, 1.54) is 6.07 Å². The molecule has 1 aromatic carbocycles. The SMILES string of the molecule is CC1OCCC1(C)NC(=O)c1cccc(O)c1. The monoisotopic (exact) mass is 235 g/mol. The first-order valence-corrected chi connectivity index (χ1v) is 5.74. The number of carbonyl (C=O) groups is 1. The van der Waals surface area contributed by atoms with Crippen LogP contribution in [-0.4, -0.2) is 29.3 Å². The molecular formula is C13H17NO3. The molecule has 1 aliphatic rings. The van der Waals surface area contributed by atoms with Gasteiger partial charge in [-0.15, -0.1) is 0 Å². The van der Waals surface area contributed by atoms with E-state index in [4.69, 9.17) is 4.74 Å². The highest BCUT2D eigenvalue weighted by molar-refractivity contribution is 5.95.